The zero-order valence-electron chi connectivity index (χ0n) is 20.2. The Morgan fingerprint density at radius 3 is 2.31 bits per heavy atom. The summed E-state index contributed by atoms with van der Waals surface area (Å²) in [6.07, 6.45) is 1.34. The molecule has 0 bridgehead atoms. The number of hydrogen-bond donors (Lipinski definition) is 1. The van der Waals surface area contributed by atoms with E-state index in [1.54, 1.807) is 13.0 Å². The van der Waals surface area contributed by atoms with Gasteiger partial charge >= 0.3 is 0 Å². The molecule has 0 fully saturated rings. The Kier molecular flexibility index (Phi) is 11.0. The first-order valence-electron chi connectivity index (χ1n) is 11.4. The van der Waals surface area contributed by atoms with Gasteiger partial charge in [-0.1, -0.05) is 25.4 Å². The van der Waals surface area contributed by atoms with Crippen molar-refractivity contribution >= 4 is 61.6 Å². The predicted molar refractivity (Wildman–Crippen MR) is 146 cm³/mol. The van der Waals surface area contributed by atoms with Gasteiger partial charge in [0.15, 0.2) is 5.78 Å². The van der Waals surface area contributed by atoms with Crippen molar-refractivity contribution in [2.24, 2.45) is 5.92 Å². The van der Waals surface area contributed by atoms with Crippen molar-refractivity contribution in [3.8, 4) is 0 Å². The lowest BCUT2D eigenvalue weighted by molar-refractivity contribution is -0.127. The number of amides is 1. The van der Waals surface area contributed by atoms with Crippen molar-refractivity contribution in [2.75, 3.05) is 4.31 Å². The second-order valence-electron chi connectivity index (χ2n) is 8.95. The Hall–Kier alpha value is -1.72. The highest BCUT2D eigenvalue weighted by atomic mass is 127. The van der Waals surface area contributed by atoms with Gasteiger partial charge in [0.25, 0.3) is 10.0 Å². The normalized spacial score (nSPS) is 13.4. The number of nitrogens with one attached hydrogen (secondary N) is 1. The summed E-state index contributed by atoms with van der Waals surface area (Å²) in [5.41, 5.74) is -0.0580. The van der Waals surface area contributed by atoms with E-state index in [-0.39, 0.29) is 34.6 Å². The van der Waals surface area contributed by atoms with Gasteiger partial charge < -0.3 is 5.32 Å². The first-order valence-corrected chi connectivity index (χ1v) is 14.3. The van der Waals surface area contributed by atoms with Crippen LogP contribution in [-0.4, -0.2) is 32.2 Å². The number of rotatable bonds is 12. The van der Waals surface area contributed by atoms with E-state index in [0.29, 0.717) is 27.9 Å². The number of benzene rings is 2. The van der Waals surface area contributed by atoms with Crippen LogP contribution in [0.5, 0.6) is 0 Å². The molecule has 2 atom stereocenters. The fourth-order valence-corrected chi connectivity index (χ4v) is 6.00. The summed E-state index contributed by atoms with van der Waals surface area (Å²) in [5, 5.41) is 3.15. The molecule has 0 saturated carbocycles. The van der Waals surface area contributed by atoms with E-state index in [1.165, 1.54) is 43.3 Å². The third-order valence-corrected chi connectivity index (χ3v) is 8.34. The van der Waals surface area contributed by atoms with Crippen LogP contribution < -0.4 is 9.62 Å². The summed E-state index contributed by atoms with van der Waals surface area (Å²) >= 11 is 7.92. The molecule has 10 heteroatoms. The van der Waals surface area contributed by atoms with Crippen molar-refractivity contribution in [1.29, 1.82) is 0 Å². The van der Waals surface area contributed by atoms with Crippen LogP contribution >= 0.6 is 34.2 Å². The van der Waals surface area contributed by atoms with Crippen LogP contribution in [0.4, 0.5) is 10.1 Å². The lowest BCUT2D eigenvalue weighted by atomic mass is 10.0. The summed E-state index contributed by atoms with van der Waals surface area (Å²) in [6, 6.07) is 8.79. The van der Waals surface area contributed by atoms with Crippen molar-refractivity contribution in [3.05, 3.63) is 56.9 Å². The maximum Gasteiger partial charge on any atom is 0.264 e. The molecule has 2 aromatic rings. The van der Waals surface area contributed by atoms with Gasteiger partial charge in [-0.25, -0.2) is 12.8 Å². The Labute approximate surface area is 225 Å². The van der Waals surface area contributed by atoms with Crippen LogP contribution in [0.3, 0.4) is 0 Å². The highest BCUT2D eigenvalue weighted by molar-refractivity contribution is 14.1. The molecule has 0 spiro atoms. The Morgan fingerprint density at radius 1 is 1.11 bits per heavy atom. The highest BCUT2D eigenvalue weighted by Crippen LogP contribution is 2.32. The van der Waals surface area contributed by atoms with Crippen LogP contribution in [0.15, 0.2) is 47.4 Å². The van der Waals surface area contributed by atoms with Gasteiger partial charge in [-0.3, -0.25) is 13.9 Å². The van der Waals surface area contributed by atoms with Gasteiger partial charge in [0.05, 0.1) is 16.6 Å². The Balaban J connectivity index is 2.23. The molecule has 0 aromatic heterocycles. The second kappa shape index (κ2) is 13.0. The summed E-state index contributed by atoms with van der Waals surface area (Å²) in [7, 11) is -4.12. The summed E-state index contributed by atoms with van der Waals surface area (Å²) < 4.78 is 43.7. The zero-order chi connectivity index (χ0) is 26.3. The maximum absolute atomic E-state index is 14.8. The van der Waals surface area contributed by atoms with Gasteiger partial charge in [-0.15, -0.1) is 0 Å². The Bertz CT molecular complexity index is 1140. The third kappa shape index (κ3) is 8.42. The highest BCUT2D eigenvalue weighted by Gasteiger charge is 2.31. The van der Waals surface area contributed by atoms with Crippen LogP contribution in [-0.2, 0) is 19.6 Å². The number of anilines is 1. The molecule has 0 radical (unpaired) electrons. The topological polar surface area (TPSA) is 83.6 Å². The van der Waals surface area contributed by atoms with Crippen LogP contribution in [0.25, 0.3) is 0 Å². The lowest BCUT2D eigenvalue weighted by Crippen LogP contribution is -2.41. The molecule has 0 aliphatic heterocycles. The molecule has 0 saturated heterocycles. The van der Waals surface area contributed by atoms with Crippen LogP contribution in [0.2, 0.25) is 5.02 Å². The molecule has 0 unspecified atom stereocenters. The van der Waals surface area contributed by atoms with Gasteiger partial charge in [0.1, 0.15) is 5.82 Å². The number of nitrogens with zero attached hydrogens (tertiary/aromatic N) is 1. The molecule has 2 rings (SSSR count). The number of carbonyl (C=O) groups is 2. The van der Waals surface area contributed by atoms with Gasteiger partial charge in [0, 0.05) is 21.1 Å². The quantitative estimate of drug-likeness (QED) is 0.292. The van der Waals surface area contributed by atoms with Crippen molar-refractivity contribution in [2.45, 2.75) is 70.4 Å². The van der Waals surface area contributed by atoms with E-state index in [0.717, 1.165) is 4.31 Å². The average Bonchev–Trinajstić information content (AvgIpc) is 2.75. The second-order valence-corrected chi connectivity index (χ2v) is 12.4. The minimum atomic E-state index is -4.12. The molecule has 1 N–H and O–H groups in total. The third-order valence-electron chi connectivity index (χ3n) is 5.48. The van der Waals surface area contributed by atoms with Gasteiger partial charge in [-0.05, 0) is 104 Å². The first kappa shape index (κ1) is 29.5. The van der Waals surface area contributed by atoms with Gasteiger partial charge in [0.2, 0.25) is 5.91 Å². The standard InChI is InChI=1S/C25H31ClFIN2O4S/c1-16(2)14-23(18(4)31)29-25(32)7-5-6-17(3)30(24-15-20(28)10-13-22(24)27)35(33,34)21-11-8-19(26)9-12-21/h8-13,15-17,23H,5-7,14H2,1-4H3,(H,29,32)/t17-,23-/m1/s1. The minimum absolute atomic E-state index is 0.0114. The number of Topliss-reactive ketones (excluding diaryl/α,β-unsaturated/α-hetero) is 1. The monoisotopic (exact) mass is 636 g/mol. The largest absolute Gasteiger partial charge is 0.346 e. The molecule has 0 heterocycles. The molecular formula is C25H31ClFIN2O4S. The average molecular weight is 637 g/mol. The summed E-state index contributed by atoms with van der Waals surface area (Å²) in [6.45, 7) is 7.08. The number of ketones is 1. The number of hydrogen-bond acceptors (Lipinski definition) is 4. The molecule has 35 heavy (non-hydrogen) atoms. The van der Waals surface area contributed by atoms with E-state index < -0.39 is 27.9 Å². The number of sulfonamides is 1. The maximum atomic E-state index is 14.8. The molecule has 192 valence electrons. The van der Waals surface area contributed by atoms with Gasteiger partial charge in [-0.2, -0.15) is 0 Å². The van der Waals surface area contributed by atoms with E-state index >= 15 is 0 Å². The fraction of sp³-hybridized carbons (Fsp3) is 0.440. The molecular weight excluding hydrogens is 606 g/mol. The van der Waals surface area contributed by atoms with Crippen molar-refractivity contribution in [1.82, 2.24) is 5.32 Å². The molecule has 0 aliphatic carbocycles. The smallest absolute Gasteiger partial charge is 0.264 e. The molecule has 1 amide bonds. The van der Waals surface area contributed by atoms with E-state index in [4.69, 9.17) is 11.6 Å². The fourth-order valence-electron chi connectivity index (χ4n) is 3.72. The molecule has 0 aliphatic rings. The van der Waals surface area contributed by atoms with Crippen molar-refractivity contribution < 1.29 is 22.4 Å². The predicted octanol–water partition coefficient (Wildman–Crippen LogP) is 5.96. The zero-order valence-corrected chi connectivity index (χ0v) is 24.0. The minimum Gasteiger partial charge on any atom is -0.346 e. The van der Waals surface area contributed by atoms with Crippen LogP contribution in [0.1, 0.15) is 53.4 Å². The van der Waals surface area contributed by atoms with Crippen LogP contribution in [0, 0.1) is 15.3 Å². The van der Waals surface area contributed by atoms with E-state index in [2.05, 4.69) is 5.32 Å². The first-order chi connectivity index (χ1) is 16.3. The SMILES string of the molecule is CC(=O)[C@@H](CC(C)C)NC(=O)CCC[C@@H](C)N(c1cc(I)ccc1F)S(=O)(=O)c1ccc(Cl)cc1. The molecule has 2 aromatic carbocycles. The summed E-state index contributed by atoms with van der Waals surface area (Å²) in [4.78, 5) is 24.3. The van der Waals surface area contributed by atoms with E-state index in [9.17, 15) is 22.4 Å². The van der Waals surface area contributed by atoms with Crippen molar-refractivity contribution in [3.63, 3.8) is 0 Å². The summed E-state index contributed by atoms with van der Waals surface area (Å²) in [5.74, 6) is -0.787. The lowest BCUT2D eigenvalue weighted by Gasteiger charge is -2.31. The Morgan fingerprint density at radius 2 is 1.74 bits per heavy atom. The number of carbonyl (C=O) groups excluding carboxylic acids is 2. The molecule has 6 nitrogen and oxygen atoms in total. The number of halogens is 3. The van der Waals surface area contributed by atoms with E-state index in [1.807, 2.05) is 36.4 Å².